The molecule has 0 bridgehead atoms. The van der Waals surface area contributed by atoms with E-state index in [1.54, 1.807) is 17.9 Å². The van der Waals surface area contributed by atoms with E-state index in [-0.39, 0.29) is 12.5 Å². The van der Waals surface area contributed by atoms with Crippen LogP contribution in [-0.2, 0) is 27.8 Å². The van der Waals surface area contributed by atoms with Crippen molar-refractivity contribution in [2.45, 2.75) is 63.8 Å². The van der Waals surface area contributed by atoms with Gasteiger partial charge in [-0.1, -0.05) is 36.4 Å². The van der Waals surface area contributed by atoms with Crippen molar-refractivity contribution in [3.63, 3.8) is 0 Å². The lowest BCUT2D eigenvalue weighted by Gasteiger charge is -2.44. The quantitative estimate of drug-likeness (QED) is 0.595. The fraction of sp³-hybridized carbons (Fsp3) is 0.519. The number of amides is 1. The molecule has 1 unspecified atom stereocenters. The van der Waals surface area contributed by atoms with E-state index in [2.05, 4.69) is 4.90 Å². The lowest BCUT2D eigenvalue weighted by atomic mass is 9.94. The van der Waals surface area contributed by atoms with Gasteiger partial charge >= 0.3 is 0 Å². The summed E-state index contributed by atoms with van der Waals surface area (Å²) < 4.78 is 44.0. The van der Waals surface area contributed by atoms with Gasteiger partial charge in [-0.2, -0.15) is 4.31 Å². The average molecular weight is 502 g/mol. The van der Waals surface area contributed by atoms with Crippen LogP contribution in [0.5, 0.6) is 0 Å². The van der Waals surface area contributed by atoms with Gasteiger partial charge in [0.1, 0.15) is 5.82 Å². The minimum atomic E-state index is -3.58. The van der Waals surface area contributed by atoms with E-state index in [1.165, 1.54) is 10.4 Å². The Hall–Kier alpha value is -2.45. The molecule has 2 aliphatic rings. The first-order valence-electron chi connectivity index (χ1n) is 12.4. The Bertz CT molecular complexity index is 1150. The zero-order valence-corrected chi connectivity index (χ0v) is 21.7. The van der Waals surface area contributed by atoms with Gasteiger partial charge < -0.3 is 9.80 Å². The smallest absolute Gasteiger partial charge is 0.219 e. The fourth-order valence-electron chi connectivity index (χ4n) is 5.18. The molecule has 0 N–H and O–H groups in total. The van der Waals surface area contributed by atoms with Crippen LogP contribution in [-0.4, -0.2) is 60.5 Å². The number of rotatable bonds is 6. The molecule has 2 aromatic carbocycles. The molecule has 2 aliphatic heterocycles. The molecule has 2 saturated heterocycles. The third-order valence-electron chi connectivity index (χ3n) is 7.52. The van der Waals surface area contributed by atoms with Crippen molar-refractivity contribution in [3.05, 3.63) is 65.5 Å². The number of aryl methyl sites for hydroxylation is 1. The van der Waals surface area contributed by atoms with E-state index in [1.807, 2.05) is 50.2 Å². The van der Waals surface area contributed by atoms with E-state index in [4.69, 9.17) is 0 Å². The Morgan fingerprint density at radius 2 is 1.74 bits per heavy atom. The van der Waals surface area contributed by atoms with Crippen LogP contribution in [0, 0.1) is 5.82 Å². The van der Waals surface area contributed by atoms with Crippen molar-refractivity contribution in [3.8, 4) is 0 Å². The van der Waals surface area contributed by atoms with Crippen LogP contribution in [0.3, 0.4) is 0 Å². The molecular weight excluding hydrogens is 465 g/mol. The van der Waals surface area contributed by atoms with E-state index < -0.39 is 26.6 Å². The molecule has 0 saturated carbocycles. The van der Waals surface area contributed by atoms with Gasteiger partial charge in [-0.3, -0.25) is 4.79 Å². The predicted molar refractivity (Wildman–Crippen MR) is 137 cm³/mol. The third kappa shape index (κ3) is 5.70. The van der Waals surface area contributed by atoms with Crippen molar-refractivity contribution >= 4 is 21.6 Å². The van der Waals surface area contributed by atoms with Gasteiger partial charge in [0.25, 0.3) is 0 Å². The Labute approximate surface area is 208 Å². The summed E-state index contributed by atoms with van der Waals surface area (Å²) in [5.41, 5.74) is 1.70. The first-order chi connectivity index (χ1) is 16.6. The molecule has 0 spiro atoms. The summed E-state index contributed by atoms with van der Waals surface area (Å²) in [5.74, 6) is -0.340. The number of carbonyl (C=O) groups excluding carboxylic acids is 1. The van der Waals surface area contributed by atoms with Crippen LogP contribution in [0.4, 0.5) is 10.1 Å². The van der Waals surface area contributed by atoms with Crippen molar-refractivity contribution in [1.29, 1.82) is 0 Å². The van der Waals surface area contributed by atoms with Gasteiger partial charge in [0.15, 0.2) is 0 Å². The molecule has 190 valence electrons. The summed E-state index contributed by atoms with van der Waals surface area (Å²) in [6.07, 6.45) is 2.63. The summed E-state index contributed by atoms with van der Waals surface area (Å²) in [7, 11) is -3.58. The second-order valence-electron chi connectivity index (χ2n) is 10.3. The Balaban J connectivity index is 1.47. The molecule has 0 aliphatic carbocycles. The number of anilines is 1. The maximum absolute atomic E-state index is 15.2. The van der Waals surface area contributed by atoms with Gasteiger partial charge in [0, 0.05) is 56.4 Å². The third-order valence-corrected chi connectivity index (χ3v) is 10.1. The van der Waals surface area contributed by atoms with E-state index in [0.717, 1.165) is 17.7 Å². The highest BCUT2D eigenvalue weighted by molar-refractivity contribution is 7.89. The molecule has 0 aromatic heterocycles. The molecule has 1 amide bonds. The average Bonchev–Trinajstić information content (AvgIpc) is 2.82. The summed E-state index contributed by atoms with van der Waals surface area (Å²) in [6, 6.07) is 15.0. The Morgan fingerprint density at radius 3 is 2.37 bits per heavy atom. The van der Waals surface area contributed by atoms with Crippen molar-refractivity contribution in [1.82, 2.24) is 9.21 Å². The number of sulfonamides is 1. The van der Waals surface area contributed by atoms with Gasteiger partial charge in [-0.25, -0.2) is 12.8 Å². The molecular formula is C27H36FN3O3S. The van der Waals surface area contributed by atoms with E-state index >= 15 is 4.39 Å². The highest BCUT2D eigenvalue weighted by atomic mass is 32.2. The second-order valence-corrected chi connectivity index (χ2v) is 12.5. The van der Waals surface area contributed by atoms with Gasteiger partial charge in [0.2, 0.25) is 15.9 Å². The summed E-state index contributed by atoms with van der Waals surface area (Å²) in [4.78, 5) is 15.4. The normalized spacial score (nSPS) is 22.2. The maximum Gasteiger partial charge on any atom is 0.219 e. The first kappa shape index (κ1) is 25.6. The number of halogens is 1. The number of benzene rings is 2. The van der Waals surface area contributed by atoms with Crippen LogP contribution >= 0.6 is 0 Å². The molecule has 4 rings (SSSR count). The zero-order valence-electron chi connectivity index (χ0n) is 20.9. The SMILES string of the molecule is CC(=O)N1CCN(c2ccc(CN3C(C)(C)CCC(CCc4ccccc4)S3(=O)=O)c(F)c2)CC1. The molecule has 2 aromatic rings. The standard InChI is InChI=1S/C27H36FN3O3S/c1-21(32)29-15-17-30(18-16-29)24-11-10-23(26(28)19-24)20-31-27(2,3)14-13-25(35(31,33)34)12-9-22-7-5-4-6-8-22/h4-8,10-11,19,25H,9,12-18,20H2,1-3H3. The number of nitrogens with zero attached hydrogens (tertiary/aromatic N) is 3. The van der Waals surface area contributed by atoms with Crippen LogP contribution < -0.4 is 4.90 Å². The predicted octanol–water partition coefficient (Wildman–Crippen LogP) is 4.20. The highest BCUT2D eigenvalue weighted by Gasteiger charge is 2.45. The summed E-state index contributed by atoms with van der Waals surface area (Å²) in [5, 5.41) is -0.462. The van der Waals surface area contributed by atoms with Gasteiger partial charge in [-0.15, -0.1) is 0 Å². The fourth-order valence-corrected chi connectivity index (χ4v) is 7.47. The molecule has 35 heavy (non-hydrogen) atoms. The number of hydrogen-bond donors (Lipinski definition) is 0. The van der Waals surface area contributed by atoms with Gasteiger partial charge in [0.05, 0.1) is 5.25 Å². The highest BCUT2D eigenvalue weighted by Crippen LogP contribution is 2.37. The van der Waals surface area contributed by atoms with Crippen molar-refractivity contribution in [2.24, 2.45) is 0 Å². The minimum absolute atomic E-state index is 0.0292. The van der Waals surface area contributed by atoms with Crippen molar-refractivity contribution < 1.29 is 17.6 Å². The minimum Gasteiger partial charge on any atom is -0.368 e. The summed E-state index contributed by atoms with van der Waals surface area (Å²) in [6.45, 7) is 7.97. The number of carbonyl (C=O) groups is 1. The van der Waals surface area contributed by atoms with Crippen LogP contribution in [0.1, 0.15) is 51.2 Å². The lowest BCUT2D eigenvalue weighted by molar-refractivity contribution is -0.129. The van der Waals surface area contributed by atoms with E-state index in [0.29, 0.717) is 51.0 Å². The lowest BCUT2D eigenvalue weighted by Crippen LogP contribution is -2.55. The molecule has 1 atom stereocenters. The van der Waals surface area contributed by atoms with Crippen LogP contribution in [0.25, 0.3) is 0 Å². The number of hydrogen-bond acceptors (Lipinski definition) is 4. The van der Waals surface area contributed by atoms with Crippen LogP contribution in [0.15, 0.2) is 48.5 Å². The van der Waals surface area contributed by atoms with Crippen molar-refractivity contribution in [2.75, 3.05) is 31.1 Å². The topological polar surface area (TPSA) is 60.9 Å². The molecule has 2 heterocycles. The molecule has 0 radical (unpaired) electrons. The molecule has 6 nitrogen and oxygen atoms in total. The second kappa shape index (κ2) is 10.3. The Morgan fingerprint density at radius 1 is 1.06 bits per heavy atom. The largest absolute Gasteiger partial charge is 0.368 e. The van der Waals surface area contributed by atoms with Gasteiger partial charge in [-0.05, 0) is 57.2 Å². The Kier molecular flexibility index (Phi) is 7.52. The maximum atomic E-state index is 15.2. The number of piperazine rings is 1. The zero-order chi connectivity index (χ0) is 25.2. The van der Waals surface area contributed by atoms with E-state index in [9.17, 15) is 13.2 Å². The monoisotopic (exact) mass is 501 g/mol. The first-order valence-corrected chi connectivity index (χ1v) is 13.9. The molecule has 8 heteroatoms. The van der Waals surface area contributed by atoms with Crippen LogP contribution in [0.2, 0.25) is 0 Å². The summed E-state index contributed by atoms with van der Waals surface area (Å²) >= 11 is 0. The molecule has 2 fully saturated rings.